The number of carboxylic acid groups (broad SMARTS) is 2. The molecule has 2 aromatic heterocycles. The third kappa shape index (κ3) is 32.6. The second kappa shape index (κ2) is 48.1. The Morgan fingerprint density at radius 2 is 0.758 bits per heavy atom. The maximum Gasteiger partial charge on any atom is 0.303 e. The van der Waals surface area contributed by atoms with Crippen molar-refractivity contribution in [3.63, 3.8) is 0 Å². The number of aromatic hydroxyl groups is 1. The van der Waals surface area contributed by atoms with Crippen molar-refractivity contribution in [2.75, 3.05) is 18.1 Å². The number of aromatic nitrogens is 2. The number of aliphatic hydroxyl groups excluding tert-OH is 1. The fourth-order valence-electron chi connectivity index (χ4n) is 12.2. The van der Waals surface area contributed by atoms with Gasteiger partial charge in [-0.3, -0.25) is 91.1 Å². The van der Waals surface area contributed by atoms with Crippen molar-refractivity contribution < 1.29 is 112 Å². The van der Waals surface area contributed by atoms with Crippen LogP contribution in [0.15, 0.2) is 85.2 Å². The van der Waals surface area contributed by atoms with Gasteiger partial charge in [-0.05, 0) is 92.3 Å². The normalized spacial score (nSPS) is 14.4. The van der Waals surface area contributed by atoms with E-state index in [4.69, 9.17) is 28.0 Å². The maximum atomic E-state index is 15.2. The predicted molar refractivity (Wildman–Crippen MR) is 435 cm³/mol. The Hall–Kier alpha value is -12.9. The lowest BCUT2D eigenvalue weighted by molar-refractivity contribution is -0.139. The number of rotatable bonds is 52. The number of primary amides is 4. The van der Waals surface area contributed by atoms with Gasteiger partial charge in [0.1, 0.15) is 78.3 Å². The Labute approximate surface area is 697 Å². The number of aliphatic hydroxyl groups is 1. The van der Waals surface area contributed by atoms with Crippen LogP contribution in [0.25, 0.3) is 21.8 Å². The molecule has 0 fully saturated rings. The molecule has 3 aromatic carbocycles. The summed E-state index contributed by atoms with van der Waals surface area (Å²) in [5, 5.41) is 72.6. The standard InChI is InChI=1S/C76H103N19O23S2/c1-36(2)13-18-48(67(109)86-51(22-26-63(105)106)68(110)92-55(30-60(79)101)66(108)83-33-61(102)85-47(65(80)107)21-25-62(103)104)87-72(114)53(28-40-31-81-45-11-7-5-9-43(40)45)91-71(113)52(27-39-14-16-42(98)17-15-39)90-75(117)57(35-120)94-69(111)49(19-23-58(77)99)88-73(115)54(29-41-32-82-46-12-8-6-10-44(41)46)93-76(118)64(37(3)96)95-70(112)50(20-24-59(78)100)89-74(116)56(34-119)84-38(4)97/h5-12,14-17,31-32,36-37,47-57,64,81-82,96,98,119-120H,13,18-30,33-35H2,1-4H3,(H2,77,99)(H2,78,100)(H2,79,101)(H2,80,107)(H,83,108)(H,84,97)(H,85,102)(H,86,109)(H,87,114)(H,88,115)(H,89,116)(H,90,117)(H,91,113)(H,92,110)(H,93,118)(H,94,111)(H,95,112)(H,103,104)(H,105,106)/t37-,47+,48+,49+,50+,51+,52+,53+,54+,55+,56+,57+,64+/m1/s1. The van der Waals surface area contributed by atoms with Crippen LogP contribution in [0.5, 0.6) is 5.75 Å². The van der Waals surface area contributed by atoms with E-state index in [1.165, 1.54) is 30.5 Å². The topological polar surface area (TPSA) is 697 Å². The Morgan fingerprint density at radius 1 is 0.392 bits per heavy atom. The van der Waals surface area contributed by atoms with Crippen LogP contribution in [-0.2, 0) is 110 Å². The number of carboxylic acids is 2. The first kappa shape index (κ1) is 97.7. The molecule has 0 bridgehead atoms. The minimum absolute atomic E-state index is 0.180. The summed E-state index contributed by atoms with van der Waals surface area (Å²) < 4.78 is 0. The van der Waals surface area contributed by atoms with Crippen molar-refractivity contribution in [3.8, 4) is 5.75 Å². The number of benzene rings is 3. The van der Waals surface area contributed by atoms with Crippen LogP contribution in [-0.4, -0.2) is 239 Å². The van der Waals surface area contributed by atoms with E-state index in [0.717, 1.165) is 13.8 Å². The predicted octanol–water partition coefficient (Wildman–Crippen LogP) is -5.37. The van der Waals surface area contributed by atoms with Gasteiger partial charge < -0.3 is 122 Å². The molecular weight excluding hydrogens is 1610 g/mol. The van der Waals surface area contributed by atoms with Crippen molar-refractivity contribution in [2.45, 2.75) is 196 Å². The van der Waals surface area contributed by atoms with Crippen LogP contribution in [0.1, 0.15) is 115 Å². The highest BCUT2D eigenvalue weighted by Gasteiger charge is 2.39. The van der Waals surface area contributed by atoms with E-state index in [1.54, 1.807) is 68.6 Å². The molecule has 0 aliphatic heterocycles. The van der Waals surface area contributed by atoms with Gasteiger partial charge in [0.05, 0.1) is 19.1 Å². The molecule has 0 saturated carbocycles. The molecule has 44 heteroatoms. The number of phenols is 1. The molecule has 13 atom stereocenters. The Balaban J connectivity index is 1.47. The average Bonchev–Trinajstić information content (AvgIpc) is 1.64. The van der Waals surface area contributed by atoms with Crippen molar-refractivity contribution >= 4 is 159 Å². The molecule has 0 unspecified atom stereocenters. The third-order valence-electron chi connectivity index (χ3n) is 18.6. The van der Waals surface area contributed by atoms with Crippen LogP contribution in [0, 0.1) is 5.92 Å². The van der Waals surface area contributed by atoms with Gasteiger partial charge in [0.25, 0.3) is 0 Å². The second-order valence-corrected chi connectivity index (χ2v) is 29.4. The third-order valence-corrected chi connectivity index (χ3v) is 19.3. The molecule has 0 aliphatic rings. The summed E-state index contributed by atoms with van der Waals surface area (Å²) in [7, 11) is 0. The van der Waals surface area contributed by atoms with E-state index >= 15 is 9.59 Å². The van der Waals surface area contributed by atoms with Gasteiger partial charge >= 0.3 is 11.9 Å². The number of hydrogen-bond donors (Lipinski definition) is 25. The molecule has 120 heavy (non-hydrogen) atoms. The van der Waals surface area contributed by atoms with E-state index < -0.39 is 267 Å². The number of hydrogen-bond acceptors (Lipinski definition) is 23. The van der Waals surface area contributed by atoms with Crippen LogP contribution >= 0.6 is 25.3 Å². The zero-order valence-electron chi connectivity index (χ0n) is 65.9. The van der Waals surface area contributed by atoms with Gasteiger partial charge in [0.15, 0.2) is 0 Å². The van der Waals surface area contributed by atoms with Crippen molar-refractivity contribution in [2.24, 2.45) is 28.9 Å². The largest absolute Gasteiger partial charge is 0.508 e. The van der Waals surface area contributed by atoms with Gasteiger partial charge in [0, 0.05) is 97.6 Å². The number of amides is 17. The summed E-state index contributed by atoms with van der Waals surface area (Å²) in [5.41, 5.74) is 23.9. The summed E-state index contributed by atoms with van der Waals surface area (Å²) in [5.74, 6) is -22.2. The zero-order chi connectivity index (χ0) is 89.2. The number of fused-ring (bicyclic) bond motifs is 2. The first-order valence-electron chi connectivity index (χ1n) is 37.9. The van der Waals surface area contributed by atoms with Crippen molar-refractivity contribution in [1.82, 2.24) is 79.1 Å². The molecule has 0 saturated heterocycles. The number of nitrogens with two attached hydrogens (primary N) is 4. The number of para-hydroxylation sites is 2. The smallest absolute Gasteiger partial charge is 0.303 e. The number of carbonyl (C=O) groups is 19. The number of nitrogens with one attached hydrogen (secondary N) is 15. The number of aromatic amines is 2. The van der Waals surface area contributed by atoms with E-state index in [9.17, 15) is 96.8 Å². The molecule has 0 aliphatic carbocycles. The fourth-order valence-corrected chi connectivity index (χ4v) is 12.7. The van der Waals surface area contributed by atoms with E-state index in [0.29, 0.717) is 38.5 Å². The number of aliphatic carboxylic acids is 2. The van der Waals surface area contributed by atoms with Crippen LogP contribution < -0.4 is 92.1 Å². The monoisotopic (exact) mass is 1710 g/mol. The van der Waals surface area contributed by atoms with Gasteiger partial charge in [-0.2, -0.15) is 25.3 Å². The first-order valence-corrected chi connectivity index (χ1v) is 39.2. The highest BCUT2D eigenvalue weighted by atomic mass is 32.1. The number of carbonyl (C=O) groups excluding carboxylic acids is 17. The van der Waals surface area contributed by atoms with E-state index in [-0.39, 0.29) is 43.1 Å². The SMILES string of the molecule is CC(=O)N[C@@H](CS)C(=O)N[C@@H](CCC(N)=O)C(=O)N[C@H](C(=O)N[C@@H](Cc1c[nH]c2ccccc12)C(=O)N[C@@H](CCC(N)=O)C(=O)N[C@@H](CS)C(=O)N[C@@H](Cc1ccc(O)cc1)C(=O)N[C@@H](Cc1c[nH]c2ccccc12)C(=O)N[C@@H](CCC(C)C)C(=O)N[C@@H](CCC(=O)O)C(=O)N[C@@H](CC(N)=O)C(=O)NCC(=O)N[C@@H](CCC(=O)O)C(N)=O)[C@@H](C)O. The van der Waals surface area contributed by atoms with Crippen molar-refractivity contribution in [3.05, 3.63) is 102 Å². The summed E-state index contributed by atoms with van der Waals surface area (Å²) in [4.78, 5) is 261. The van der Waals surface area contributed by atoms with Crippen LogP contribution in [0.3, 0.4) is 0 Å². The molecule has 5 aromatic rings. The molecule has 27 N–H and O–H groups in total. The lowest BCUT2D eigenvalue weighted by atomic mass is 9.99. The minimum Gasteiger partial charge on any atom is -0.508 e. The molecule has 5 rings (SSSR count). The lowest BCUT2D eigenvalue weighted by Gasteiger charge is -2.29. The lowest BCUT2D eigenvalue weighted by Crippen LogP contribution is -2.62. The molecule has 17 amide bonds. The maximum absolute atomic E-state index is 15.2. The second-order valence-electron chi connectivity index (χ2n) is 28.7. The van der Waals surface area contributed by atoms with Gasteiger partial charge in [-0.15, -0.1) is 0 Å². The van der Waals surface area contributed by atoms with Crippen LogP contribution in [0.2, 0.25) is 0 Å². The Morgan fingerprint density at radius 3 is 1.17 bits per heavy atom. The summed E-state index contributed by atoms with van der Waals surface area (Å²) >= 11 is 8.44. The zero-order valence-corrected chi connectivity index (χ0v) is 67.7. The Bertz CT molecular complexity index is 4540. The van der Waals surface area contributed by atoms with E-state index in [1.807, 2.05) is 0 Å². The summed E-state index contributed by atoms with van der Waals surface area (Å²) in [6.45, 7) is 4.84. The fraction of sp³-hybridized carbons (Fsp3) is 0.461. The molecule has 42 nitrogen and oxygen atoms in total. The highest BCUT2D eigenvalue weighted by Crippen LogP contribution is 2.23. The molecular formula is C76H103N19O23S2. The number of phenolic OH excluding ortho intramolecular Hbond substituents is 1. The number of H-pyrrole nitrogens is 2. The summed E-state index contributed by atoms with van der Waals surface area (Å²) in [6.07, 6.45) is -5.35. The molecule has 2 heterocycles. The first-order chi connectivity index (χ1) is 56.7. The highest BCUT2D eigenvalue weighted by molar-refractivity contribution is 7.80. The van der Waals surface area contributed by atoms with Gasteiger partial charge in [-0.25, -0.2) is 0 Å². The summed E-state index contributed by atoms with van der Waals surface area (Å²) in [6, 6.07) is -1.51. The van der Waals surface area contributed by atoms with E-state index in [2.05, 4.69) is 104 Å². The minimum atomic E-state index is -1.93. The average molecular weight is 1710 g/mol. The quantitative estimate of drug-likeness (QED) is 0.0162. The molecule has 652 valence electrons. The van der Waals surface area contributed by atoms with Crippen LogP contribution in [0.4, 0.5) is 0 Å². The van der Waals surface area contributed by atoms with Gasteiger partial charge in [0.2, 0.25) is 100 Å². The van der Waals surface area contributed by atoms with Gasteiger partial charge in [-0.1, -0.05) is 62.4 Å². The molecule has 0 radical (unpaired) electrons. The van der Waals surface area contributed by atoms with Crippen molar-refractivity contribution in [1.29, 1.82) is 0 Å². The Kier molecular flexibility index (Phi) is 39.2. The molecule has 0 spiro atoms. The number of thiol groups is 2.